The maximum Gasteiger partial charge on any atom is 0.414 e. The lowest BCUT2D eigenvalue weighted by Crippen LogP contribution is -2.09. The summed E-state index contributed by atoms with van der Waals surface area (Å²) in [7, 11) is 1.66. The van der Waals surface area contributed by atoms with Crippen LogP contribution in [0.5, 0.6) is 11.5 Å². The minimum absolute atomic E-state index is 0.629. The van der Waals surface area contributed by atoms with E-state index < -0.39 is 11.9 Å². The first-order chi connectivity index (χ1) is 12.8. The number of carbonyl (C=O) groups is 2. The molecule has 0 amide bonds. The molecule has 0 spiro atoms. The third-order valence-electron chi connectivity index (χ3n) is 3.71. The van der Waals surface area contributed by atoms with E-state index >= 15 is 0 Å². The number of methoxy groups -OCH3 is 1. The molecule has 0 aliphatic heterocycles. The van der Waals surface area contributed by atoms with Crippen molar-refractivity contribution >= 4 is 17.6 Å². The molecule has 3 N–H and O–H groups in total. The largest absolute Gasteiger partial charge is 0.493 e. The molecule has 146 valence electrons. The van der Waals surface area contributed by atoms with E-state index in [2.05, 4.69) is 43.4 Å². The molecule has 0 aliphatic carbocycles. The van der Waals surface area contributed by atoms with Gasteiger partial charge in [0.25, 0.3) is 0 Å². The molecule has 0 saturated carbocycles. The highest BCUT2D eigenvalue weighted by molar-refractivity contribution is 6.27. The third-order valence-corrected chi connectivity index (χ3v) is 3.71. The first kappa shape index (κ1) is 21.8. The van der Waals surface area contributed by atoms with Crippen LogP contribution in [-0.4, -0.2) is 35.9 Å². The van der Waals surface area contributed by atoms with Crippen LogP contribution < -0.4 is 14.8 Å². The van der Waals surface area contributed by atoms with Gasteiger partial charge in [0.2, 0.25) is 0 Å². The van der Waals surface area contributed by atoms with Crippen molar-refractivity contribution in [3.63, 3.8) is 0 Å². The second-order valence-corrected chi connectivity index (χ2v) is 5.68. The lowest BCUT2D eigenvalue weighted by atomic mass is 10.1. The molecule has 7 heteroatoms. The molecule has 0 radical (unpaired) electrons. The molecule has 0 atom stereocenters. The maximum atomic E-state index is 9.10. The van der Waals surface area contributed by atoms with Gasteiger partial charge in [-0.05, 0) is 61.7 Å². The molecular formula is C20H25NO6. The summed E-state index contributed by atoms with van der Waals surface area (Å²) in [4.78, 5) is 18.2. The molecule has 0 aliphatic rings. The highest BCUT2D eigenvalue weighted by Crippen LogP contribution is 2.28. The Morgan fingerprint density at radius 1 is 0.963 bits per heavy atom. The summed E-state index contributed by atoms with van der Waals surface area (Å²) < 4.78 is 10.9. The zero-order valence-corrected chi connectivity index (χ0v) is 15.9. The average molecular weight is 375 g/mol. The van der Waals surface area contributed by atoms with Crippen LogP contribution in [0.1, 0.15) is 23.6 Å². The smallest absolute Gasteiger partial charge is 0.414 e. The number of hydrogen-bond acceptors (Lipinski definition) is 5. The van der Waals surface area contributed by atoms with Gasteiger partial charge in [0.05, 0.1) is 13.7 Å². The van der Waals surface area contributed by atoms with Crippen LogP contribution in [0.3, 0.4) is 0 Å². The molecule has 2 rings (SSSR count). The number of anilines is 1. The zero-order chi connectivity index (χ0) is 20.4. The third kappa shape index (κ3) is 7.27. The number of hydrogen-bond donors (Lipinski definition) is 3. The number of nitrogens with one attached hydrogen (secondary N) is 1. The van der Waals surface area contributed by atoms with Gasteiger partial charge < -0.3 is 25.0 Å². The van der Waals surface area contributed by atoms with Crippen LogP contribution in [0.4, 0.5) is 5.69 Å². The number of carboxylic acid groups (broad SMARTS) is 2. The van der Waals surface area contributed by atoms with Gasteiger partial charge in [-0.15, -0.1) is 0 Å². The highest BCUT2D eigenvalue weighted by Gasteiger charge is 2.05. The number of rotatable bonds is 6. The van der Waals surface area contributed by atoms with Gasteiger partial charge in [0, 0.05) is 12.2 Å². The summed E-state index contributed by atoms with van der Waals surface area (Å²) in [5, 5.41) is 18.2. The van der Waals surface area contributed by atoms with Gasteiger partial charge >= 0.3 is 11.9 Å². The first-order valence-electron chi connectivity index (χ1n) is 8.35. The van der Waals surface area contributed by atoms with Gasteiger partial charge in [-0.2, -0.15) is 0 Å². The molecule has 7 nitrogen and oxygen atoms in total. The SMILES string of the molecule is CCOc1cc(CNc2ccc(C)c(C)c2)ccc1OC.O=C(O)C(=O)O. The van der Waals surface area contributed by atoms with E-state index in [0.29, 0.717) is 6.61 Å². The van der Waals surface area contributed by atoms with Crippen molar-refractivity contribution < 1.29 is 29.3 Å². The van der Waals surface area contributed by atoms with Crippen LogP contribution in [0, 0.1) is 13.8 Å². The normalized spacial score (nSPS) is 9.63. The van der Waals surface area contributed by atoms with Gasteiger partial charge in [0.1, 0.15) is 0 Å². The van der Waals surface area contributed by atoms with Crippen LogP contribution in [0.25, 0.3) is 0 Å². The minimum atomic E-state index is -1.82. The fraction of sp³-hybridized carbons (Fsp3) is 0.300. The quantitative estimate of drug-likeness (QED) is 0.664. The van der Waals surface area contributed by atoms with E-state index in [-0.39, 0.29) is 0 Å². The average Bonchev–Trinajstić information content (AvgIpc) is 2.63. The van der Waals surface area contributed by atoms with Gasteiger partial charge in [-0.25, -0.2) is 9.59 Å². The Labute approximate surface area is 158 Å². The second-order valence-electron chi connectivity index (χ2n) is 5.68. The summed E-state index contributed by atoms with van der Waals surface area (Å²) in [6, 6.07) is 12.4. The number of benzene rings is 2. The predicted molar refractivity (Wildman–Crippen MR) is 103 cm³/mol. The summed E-state index contributed by atoms with van der Waals surface area (Å²) in [5.41, 5.74) is 4.90. The zero-order valence-electron chi connectivity index (χ0n) is 15.9. The van der Waals surface area contributed by atoms with Gasteiger partial charge in [-0.3, -0.25) is 0 Å². The number of carboxylic acids is 2. The Kier molecular flexibility index (Phi) is 8.65. The van der Waals surface area contributed by atoms with Crippen molar-refractivity contribution in [1.29, 1.82) is 0 Å². The molecule has 0 fully saturated rings. The summed E-state index contributed by atoms with van der Waals surface area (Å²) >= 11 is 0. The monoisotopic (exact) mass is 375 g/mol. The van der Waals surface area contributed by atoms with E-state index in [1.54, 1.807) is 7.11 Å². The van der Waals surface area contributed by atoms with E-state index in [1.165, 1.54) is 11.1 Å². The summed E-state index contributed by atoms with van der Waals surface area (Å²) in [5.74, 6) is -2.09. The molecule has 0 bridgehead atoms. The van der Waals surface area contributed by atoms with Crippen molar-refractivity contribution in [3.05, 3.63) is 53.1 Å². The number of aliphatic carboxylic acids is 2. The molecule has 2 aromatic rings. The van der Waals surface area contributed by atoms with Crippen LogP contribution >= 0.6 is 0 Å². The Balaban J connectivity index is 0.000000527. The minimum Gasteiger partial charge on any atom is -0.493 e. The lowest BCUT2D eigenvalue weighted by Gasteiger charge is -2.12. The molecule has 0 unspecified atom stereocenters. The van der Waals surface area contributed by atoms with Crippen LogP contribution in [-0.2, 0) is 16.1 Å². The van der Waals surface area contributed by atoms with E-state index in [0.717, 1.165) is 29.3 Å². The Hall–Kier alpha value is -3.22. The Morgan fingerprint density at radius 3 is 2.15 bits per heavy atom. The number of ether oxygens (including phenoxy) is 2. The molecule has 2 aromatic carbocycles. The standard InChI is InChI=1S/C18H23NO2.C2H2O4/c1-5-21-18-11-15(7-9-17(18)20-4)12-19-16-8-6-13(2)14(3)10-16;3-1(4)2(5)6/h6-11,19H,5,12H2,1-4H3;(H,3,4)(H,5,6). The number of aryl methyl sites for hydroxylation is 2. The fourth-order valence-corrected chi connectivity index (χ4v) is 2.15. The summed E-state index contributed by atoms with van der Waals surface area (Å²) in [6.07, 6.45) is 0. The van der Waals surface area contributed by atoms with Crippen molar-refractivity contribution in [1.82, 2.24) is 0 Å². The van der Waals surface area contributed by atoms with Gasteiger partial charge in [-0.1, -0.05) is 12.1 Å². The fourth-order valence-electron chi connectivity index (χ4n) is 2.15. The van der Waals surface area contributed by atoms with E-state index in [1.807, 2.05) is 19.1 Å². The topological polar surface area (TPSA) is 105 Å². The van der Waals surface area contributed by atoms with Crippen molar-refractivity contribution in [2.45, 2.75) is 27.3 Å². The van der Waals surface area contributed by atoms with Crippen LogP contribution in [0.2, 0.25) is 0 Å². The summed E-state index contributed by atoms with van der Waals surface area (Å²) in [6.45, 7) is 7.61. The first-order valence-corrected chi connectivity index (χ1v) is 8.35. The van der Waals surface area contributed by atoms with E-state index in [4.69, 9.17) is 29.3 Å². The molecule has 0 saturated heterocycles. The molecule has 0 aromatic heterocycles. The maximum absolute atomic E-state index is 9.10. The predicted octanol–water partition coefficient (Wildman–Crippen LogP) is 3.48. The second kappa shape index (κ2) is 10.7. The lowest BCUT2D eigenvalue weighted by molar-refractivity contribution is -0.159. The van der Waals surface area contributed by atoms with Crippen molar-refractivity contribution in [3.8, 4) is 11.5 Å². The highest BCUT2D eigenvalue weighted by atomic mass is 16.5. The van der Waals surface area contributed by atoms with Crippen LogP contribution in [0.15, 0.2) is 36.4 Å². The molecule has 0 heterocycles. The molecule has 27 heavy (non-hydrogen) atoms. The van der Waals surface area contributed by atoms with Crippen molar-refractivity contribution in [2.24, 2.45) is 0 Å². The van der Waals surface area contributed by atoms with E-state index in [9.17, 15) is 0 Å². The Bertz CT molecular complexity index is 776. The van der Waals surface area contributed by atoms with Gasteiger partial charge in [0.15, 0.2) is 11.5 Å². The van der Waals surface area contributed by atoms with Crippen molar-refractivity contribution in [2.75, 3.05) is 19.0 Å². The Morgan fingerprint density at radius 2 is 1.63 bits per heavy atom. The molecular weight excluding hydrogens is 350 g/mol.